The number of hydrogen-bond donors (Lipinski definition) is 1. The van der Waals surface area contributed by atoms with Gasteiger partial charge in [0.1, 0.15) is 5.60 Å². The Labute approximate surface area is 253 Å². The third-order valence-electron chi connectivity index (χ3n) is 11.5. The van der Waals surface area contributed by atoms with Crippen molar-refractivity contribution in [1.29, 1.82) is 0 Å². The van der Waals surface area contributed by atoms with Crippen molar-refractivity contribution in [3.63, 3.8) is 0 Å². The van der Waals surface area contributed by atoms with E-state index in [9.17, 15) is 18.3 Å². The Morgan fingerprint density at radius 1 is 0.976 bits per heavy atom. The third-order valence-corrected chi connectivity index (χ3v) is 12.8. The van der Waals surface area contributed by atoms with Crippen LogP contribution in [0.3, 0.4) is 0 Å². The van der Waals surface area contributed by atoms with E-state index in [-0.39, 0.29) is 22.5 Å². The van der Waals surface area contributed by atoms with Crippen LogP contribution in [0.2, 0.25) is 0 Å². The highest BCUT2D eigenvalue weighted by Crippen LogP contribution is 2.68. The summed E-state index contributed by atoms with van der Waals surface area (Å²) in [6.07, 6.45) is 9.58. The van der Waals surface area contributed by atoms with E-state index in [1.165, 1.54) is 17.4 Å². The number of piperazine rings is 1. The number of aliphatic hydroxyl groups is 1. The van der Waals surface area contributed by atoms with Crippen LogP contribution in [0.15, 0.2) is 35.9 Å². The Kier molecular flexibility index (Phi) is 7.47. The number of allylic oxidation sites excluding steroid dienone is 1. The minimum absolute atomic E-state index is 0.164. The number of nitrogens with zero attached hydrogens (tertiary/aromatic N) is 2. The van der Waals surface area contributed by atoms with Crippen molar-refractivity contribution in [2.45, 2.75) is 84.2 Å². The van der Waals surface area contributed by atoms with Crippen LogP contribution in [0.25, 0.3) is 0 Å². The number of carbonyl (C=O) groups is 1. The summed E-state index contributed by atoms with van der Waals surface area (Å²) in [5.41, 5.74) is 2.36. The second-order valence-electron chi connectivity index (χ2n) is 15.1. The molecule has 4 fully saturated rings. The fraction of sp³-hybridized carbons (Fsp3) is 0.686. The predicted octanol–water partition coefficient (Wildman–Crippen LogP) is 5.38. The molecule has 0 radical (unpaired) electrons. The first-order valence-electron chi connectivity index (χ1n) is 16.0. The number of anilines is 1. The Morgan fingerprint density at radius 2 is 1.67 bits per heavy atom. The zero-order valence-electron chi connectivity index (χ0n) is 26.0. The zero-order valence-corrected chi connectivity index (χ0v) is 26.8. The molecule has 7 atom stereocenters. The maximum absolute atomic E-state index is 12.4. The number of sulfonamides is 1. The normalized spacial score (nSPS) is 37.2. The number of ketones is 1. The highest BCUT2D eigenvalue weighted by molar-refractivity contribution is 7.88. The predicted molar refractivity (Wildman–Crippen MR) is 167 cm³/mol. The third kappa shape index (κ3) is 5.26. The molecule has 1 N–H and O–H groups in total. The summed E-state index contributed by atoms with van der Waals surface area (Å²) in [5.74, 6) is 9.26. The molecule has 0 unspecified atom stereocenters. The van der Waals surface area contributed by atoms with Crippen LogP contribution in [0.1, 0.15) is 84.1 Å². The molecule has 1 aromatic rings. The van der Waals surface area contributed by atoms with Crippen LogP contribution in [-0.2, 0) is 14.8 Å². The molecule has 6 rings (SSSR count). The van der Waals surface area contributed by atoms with Gasteiger partial charge >= 0.3 is 0 Å². The van der Waals surface area contributed by atoms with E-state index in [0.717, 1.165) is 44.2 Å². The Hall–Kier alpha value is -2.14. The van der Waals surface area contributed by atoms with Gasteiger partial charge < -0.3 is 10.0 Å². The molecule has 3 saturated carbocycles. The van der Waals surface area contributed by atoms with Gasteiger partial charge in [0, 0.05) is 49.1 Å². The Morgan fingerprint density at radius 3 is 2.31 bits per heavy atom. The molecule has 228 valence electrons. The molecule has 7 heteroatoms. The van der Waals surface area contributed by atoms with Gasteiger partial charge in [0.2, 0.25) is 10.0 Å². The lowest BCUT2D eigenvalue weighted by Gasteiger charge is -2.58. The second kappa shape index (κ2) is 10.5. The molecule has 0 spiro atoms. The smallest absolute Gasteiger partial charge is 0.211 e. The van der Waals surface area contributed by atoms with Crippen molar-refractivity contribution in [1.82, 2.24) is 4.31 Å². The number of carbonyl (C=O) groups excluding carboxylic acids is 1. The van der Waals surface area contributed by atoms with E-state index >= 15 is 0 Å². The van der Waals surface area contributed by atoms with E-state index in [0.29, 0.717) is 56.3 Å². The molecule has 0 amide bonds. The number of rotatable bonds is 3. The quantitative estimate of drug-likeness (QED) is 0.477. The van der Waals surface area contributed by atoms with E-state index in [2.05, 4.69) is 68.7 Å². The molecule has 0 aromatic heterocycles. The molecular weight excluding hydrogens is 544 g/mol. The van der Waals surface area contributed by atoms with Gasteiger partial charge in [0.25, 0.3) is 0 Å². The van der Waals surface area contributed by atoms with Gasteiger partial charge in [-0.15, -0.1) is 0 Å². The van der Waals surface area contributed by atoms with Crippen molar-refractivity contribution >= 4 is 21.5 Å². The molecular formula is C35H48N2O4S. The van der Waals surface area contributed by atoms with Crippen LogP contribution in [0.5, 0.6) is 0 Å². The van der Waals surface area contributed by atoms with Crippen molar-refractivity contribution in [2.24, 2.45) is 34.5 Å². The summed E-state index contributed by atoms with van der Waals surface area (Å²) in [6, 6.07) is 8.98. The molecule has 0 bridgehead atoms. The second-order valence-corrected chi connectivity index (χ2v) is 17.1. The molecule has 5 aliphatic rings. The first-order chi connectivity index (χ1) is 19.7. The molecule has 4 aliphatic carbocycles. The van der Waals surface area contributed by atoms with E-state index in [1.807, 2.05) is 6.08 Å². The molecule has 6 nitrogen and oxygen atoms in total. The summed E-state index contributed by atoms with van der Waals surface area (Å²) >= 11 is 0. The van der Waals surface area contributed by atoms with Crippen LogP contribution < -0.4 is 4.90 Å². The Balaban J connectivity index is 1.33. The topological polar surface area (TPSA) is 77.9 Å². The van der Waals surface area contributed by atoms with Crippen LogP contribution >= 0.6 is 0 Å². The van der Waals surface area contributed by atoms with Gasteiger partial charge in [-0.2, -0.15) is 4.31 Å². The number of hydrogen-bond acceptors (Lipinski definition) is 5. The van der Waals surface area contributed by atoms with Gasteiger partial charge in [-0.1, -0.05) is 36.5 Å². The summed E-state index contributed by atoms with van der Waals surface area (Å²) in [4.78, 5) is 14.7. The maximum Gasteiger partial charge on any atom is 0.211 e. The van der Waals surface area contributed by atoms with E-state index < -0.39 is 15.6 Å². The minimum Gasteiger partial charge on any atom is -0.377 e. The van der Waals surface area contributed by atoms with Crippen LogP contribution in [-0.4, -0.2) is 61.6 Å². The fourth-order valence-corrected chi connectivity index (χ4v) is 10.2. The largest absolute Gasteiger partial charge is 0.377 e. The summed E-state index contributed by atoms with van der Waals surface area (Å²) in [5, 5.41) is 12.2. The molecule has 1 heterocycles. The van der Waals surface area contributed by atoms with Crippen LogP contribution in [0, 0.1) is 46.3 Å². The summed E-state index contributed by atoms with van der Waals surface area (Å²) in [6.45, 7) is 11.0. The summed E-state index contributed by atoms with van der Waals surface area (Å²) < 4.78 is 25.5. The van der Waals surface area contributed by atoms with Crippen LogP contribution in [0.4, 0.5) is 5.69 Å². The first-order valence-corrected chi connectivity index (χ1v) is 17.8. The lowest BCUT2D eigenvalue weighted by molar-refractivity contribution is -0.117. The molecule has 1 aromatic carbocycles. The van der Waals surface area contributed by atoms with Crippen molar-refractivity contribution < 1.29 is 18.3 Å². The van der Waals surface area contributed by atoms with Gasteiger partial charge in [0.05, 0.1) is 6.26 Å². The van der Waals surface area contributed by atoms with Gasteiger partial charge in [-0.05, 0) is 113 Å². The number of fused-ring (bicyclic) bond motifs is 5. The first kappa shape index (κ1) is 29.9. The summed E-state index contributed by atoms with van der Waals surface area (Å²) in [7, 11) is -3.16. The highest BCUT2D eigenvalue weighted by Gasteiger charge is 2.64. The molecule has 42 heavy (non-hydrogen) atoms. The average Bonchev–Trinajstić information content (AvgIpc) is 3.21. The van der Waals surface area contributed by atoms with Crippen molar-refractivity contribution in [3.8, 4) is 11.8 Å². The maximum atomic E-state index is 12.4. The minimum atomic E-state index is -3.16. The SMILES string of the molecule is CC(C)(C)C#C[C@]1(O)CC[C@H]2[C@@H]3CCC4=CC(=O)CC[C@@H]4[C@H]3[C@@H](c3ccc(N4CCN(S(C)(=O)=O)CC4)cc3)C[C@@]21C. The molecule has 1 saturated heterocycles. The zero-order chi connectivity index (χ0) is 30.1. The van der Waals surface area contributed by atoms with E-state index in [4.69, 9.17) is 0 Å². The average molecular weight is 593 g/mol. The highest BCUT2D eigenvalue weighted by atomic mass is 32.2. The van der Waals surface area contributed by atoms with Gasteiger partial charge in [-0.25, -0.2) is 8.42 Å². The van der Waals surface area contributed by atoms with Gasteiger partial charge in [0.15, 0.2) is 5.78 Å². The molecule has 1 aliphatic heterocycles. The van der Waals surface area contributed by atoms with E-state index in [1.54, 1.807) is 4.31 Å². The standard InChI is InChI=1S/C35H48N2O4S/c1-33(2,3)16-17-35(39)15-14-31-29-12-8-25-22-27(38)11-13-28(25)32(29)30(23-34(31,35)4)24-6-9-26(10-7-24)36-18-20-37(21-19-36)42(5,40)41/h6-7,9-10,22,28-32,39H,8,11-15,18-21,23H2,1-5H3/t28-,29-,30+,31-,32+,34-,35+/m0/s1. The monoisotopic (exact) mass is 592 g/mol. The number of benzene rings is 1. The lowest BCUT2D eigenvalue weighted by atomic mass is 9.46. The van der Waals surface area contributed by atoms with Crippen molar-refractivity contribution in [2.75, 3.05) is 37.3 Å². The lowest BCUT2D eigenvalue weighted by Crippen LogP contribution is -2.54. The van der Waals surface area contributed by atoms with Crippen molar-refractivity contribution in [3.05, 3.63) is 41.5 Å². The fourth-order valence-electron chi connectivity index (χ4n) is 9.36. The Bertz CT molecular complexity index is 1420. The van der Waals surface area contributed by atoms with Gasteiger partial charge in [-0.3, -0.25) is 4.79 Å².